The zero-order chi connectivity index (χ0) is 18.1. The highest BCUT2D eigenvalue weighted by molar-refractivity contribution is 5.84. The van der Waals surface area contributed by atoms with Crippen LogP contribution in [0.2, 0.25) is 0 Å². The third-order valence-electron chi connectivity index (χ3n) is 3.68. The Kier molecular flexibility index (Phi) is 6.98. The molecule has 2 aromatic rings. The van der Waals surface area contributed by atoms with E-state index in [2.05, 4.69) is 15.8 Å². The Morgan fingerprint density at radius 2 is 1.84 bits per heavy atom. The lowest BCUT2D eigenvalue weighted by Crippen LogP contribution is -2.25. The lowest BCUT2D eigenvalue weighted by Gasteiger charge is -2.17. The number of likely N-dealkylation sites (N-methyl/N-ethyl adjacent to an activating group) is 1. The number of aryl methyl sites for hydroxylation is 1. The molecule has 0 aliphatic heterocycles. The molecule has 6 heteroatoms. The molecule has 0 unspecified atom stereocenters. The van der Waals surface area contributed by atoms with E-state index in [9.17, 15) is 4.79 Å². The van der Waals surface area contributed by atoms with Crippen LogP contribution in [-0.2, 0) is 4.79 Å². The van der Waals surface area contributed by atoms with E-state index in [1.807, 2.05) is 67.4 Å². The molecule has 0 spiro atoms. The van der Waals surface area contributed by atoms with Gasteiger partial charge in [-0.25, -0.2) is 5.43 Å². The third-order valence-corrected chi connectivity index (χ3v) is 3.68. The molecule has 0 aromatic heterocycles. The van der Waals surface area contributed by atoms with Crippen molar-refractivity contribution < 1.29 is 9.90 Å². The van der Waals surface area contributed by atoms with Gasteiger partial charge in [0.15, 0.2) is 0 Å². The molecule has 0 aliphatic rings. The van der Waals surface area contributed by atoms with Gasteiger partial charge in [0.2, 0.25) is 0 Å². The lowest BCUT2D eigenvalue weighted by atomic mass is 10.2. The summed E-state index contributed by atoms with van der Waals surface area (Å²) in [5.74, 6) is -0.212. The SMILES string of the molecule is Cc1ccc(NCC(=O)NN=Cc2ccc(N(C)CCO)cc2)cc1. The number of hydrogen-bond donors (Lipinski definition) is 3. The molecule has 25 heavy (non-hydrogen) atoms. The molecule has 0 heterocycles. The standard InChI is InChI=1S/C19H24N4O2/c1-15-3-7-17(8-4-15)20-14-19(25)22-21-13-16-5-9-18(10-6-16)23(2)11-12-24/h3-10,13,20,24H,11-12,14H2,1-2H3,(H,22,25). The van der Waals surface area contributed by atoms with Gasteiger partial charge >= 0.3 is 0 Å². The molecule has 0 fully saturated rings. The second-order valence-corrected chi connectivity index (χ2v) is 5.75. The maximum Gasteiger partial charge on any atom is 0.259 e. The molecule has 0 radical (unpaired) electrons. The first-order chi connectivity index (χ1) is 12.1. The van der Waals surface area contributed by atoms with Crippen LogP contribution in [-0.4, -0.2) is 44.0 Å². The summed E-state index contributed by atoms with van der Waals surface area (Å²) in [7, 11) is 1.92. The van der Waals surface area contributed by atoms with Gasteiger partial charge in [0.1, 0.15) is 0 Å². The largest absolute Gasteiger partial charge is 0.395 e. The lowest BCUT2D eigenvalue weighted by molar-refractivity contribution is -0.119. The number of carbonyl (C=O) groups excluding carboxylic acids is 1. The topological polar surface area (TPSA) is 77.0 Å². The van der Waals surface area contributed by atoms with Gasteiger partial charge in [0, 0.05) is 25.0 Å². The molecule has 3 N–H and O–H groups in total. The molecular weight excluding hydrogens is 316 g/mol. The molecule has 2 rings (SSSR count). The number of anilines is 2. The quantitative estimate of drug-likeness (QED) is 0.507. The van der Waals surface area contributed by atoms with Crippen LogP contribution in [0.1, 0.15) is 11.1 Å². The van der Waals surface area contributed by atoms with Crippen molar-refractivity contribution in [2.45, 2.75) is 6.92 Å². The van der Waals surface area contributed by atoms with Crippen LogP contribution in [0.3, 0.4) is 0 Å². The summed E-state index contributed by atoms with van der Waals surface area (Å²) in [4.78, 5) is 13.7. The number of benzene rings is 2. The fourth-order valence-corrected chi connectivity index (χ4v) is 2.17. The van der Waals surface area contributed by atoms with Gasteiger partial charge in [-0.2, -0.15) is 5.10 Å². The van der Waals surface area contributed by atoms with Crippen molar-refractivity contribution >= 4 is 23.5 Å². The van der Waals surface area contributed by atoms with E-state index in [0.29, 0.717) is 6.54 Å². The predicted octanol–water partition coefficient (Wildman–Crippen LogP) is 1.99. The minimum absolute atomic E-state index is 0.113. The van der Waals surface area contributed by atoms with E-state index < -0.39 is 0 Å². The Morgan fingerprint density at radius 1 is 1.16 bits per heavy atom. The summed E-state index contributed by atoms with van der Waals surface area (Å²) < 4.78 is 0. The van der Waals surface area contributed by atoms with Gasteiger partial charge in [-0.15, -0.1) is 0 Å². The van der Waals surface area contributed by atoms with Crippen LogP contribution in [0.5, 0.6) is 0 Å². The zero-order valence-electron chi connectivity index (χ0n) is 14.6. The zero-order valence-corrected chi connectivity index (χ0v) is 14.6. The van der Waals surface area contributed by atoms with E-state index in [0.717, 1.165) is 16.9 Å². The number of amides is 1. The van der Waals surface area contributed by atoms with Crippen LogP contribution in [0, 0.1) is 6.92 Å². The number of nitrogens with one attached hydrogen (secondary N) is 2. The molecule has 6 nitrogen and oxygen atoms in total. The summed E-state index contributed by atoms with van der Waals surface area (Å²) >= 11 is 0. The first kappa shape index (κ1) is 18.5. The Bertz CT molecular complexity index is 696. The van der Waals surface area contributed by atoms with Gasteiger partial charge in [0.05, 0.1) is 19.4 Å². The summed E-state index contributed by atoms with van der Waals surface area (Å²) in [6.45, 7) is 2.87. The number of aliphatic hydroxyl groups is 1. The molecule has 2 aromatic carbocycles. The summed E-state index contributed by atoms with van der Waals surface area (Å²) in [6.07, 6.45) is 1.60. The fourth-order valence-electron chi connectivity index (χ4n) is 2.17. The predicted molar refractivity (Wildman–Crippen MR) is 102 cm³/mol. The van der Waals surface area contributed by atoms with Crippen LogP contribution >= 0.6 is 0 Å². The maximum atomic E-state index is 11.8. The fraction of sp³-hybridized carbons (Fsp3) is 0.263. The smallest absolute Gasteiger partial charge is 0.259 e. The van der Waals surface area contributed by atoms with Crippen molar-refractivity contribution in [1.29, 1.82) is 0 Å². The molecule has 132 valence electrons. The van der Waals surface area contributed by atoms with E-state index in [1.54, 1.807) is 6.21 Å². The van der Waals surface area contributed by atoms with Gasteiger partial charge in [-0.1, -0.05) is 29.8 Å². The number of rotatable bonds is 8. The Hall–Kier alpha value is -2.86. The highest BCUT2D eigenvalue weighted by atomic mass is 16.3. The van der Waals surface area contributed by atoms with Crippen molar-refractivity contribution in [1.82, 2.24) is 5.43 Å². The number of hydrogen-bond acceptors (Lipinski definition) is 5. The molecule has 0 aliphatic carbocycles. The van der Waals surface area contributed by atoms with Gasteiger partial charge in [-0.05, 0) is 36.8 Å². The van der Waals surface area contributed by atoms with Gasteiger partial charge < -0.3 is 15.3 Å². The molecule has 0 saturated carbocycles. The van der Waals surface area contributed by atoms with Crippen LogP contribution in [0.25, 0.3) is 0 Å². The molecule has 1 amide bonds. The second-order valence-electron chi connectivity index (χ2n) is 5.75. The minimum Gasteiger partial charge on any atom is -0.395 e. The van der Waals surface area contributed by atoms with Crippen molar-refractivity contribution in [2.24, 2.45) is 5.10 Å². The second kappa shape index (κ2) is 9.44. The Balaban J connectivity index is 1.77. The van der Waals surface area contributed by atoms with Gasteiger partial charge in [-0.3, -0.25) is 4.79 Å². The summed E-state index contributed by atoms with van der Waals surface area (Å²) in [5.41, 5.74) is 6.46. The van der Waals surface area contributed by atoms with Crippen LogP contribution in [0.15, 0.2) is 53.6 Å². The average molecular weight is 340 g/mol. The Morgan fingerprint density at radius 3 is 2.48 bits per heavy atom. The number of hydrazone groups is 1. The van der Waals surface area contributed by atoms with E-state index in [1.165, 1.54) is 5.56 Å². The monoisotopic (exact) mass is 340 g/mol. The number of carbonyl (C=O) groups is 1. The molecule has 0 bridgehead atoms. The van der Waals surface area contributed by atoms with Crippen molar-refractivity contribution in [3.05, 3.63) is 59.7 Å². The van der Waals surface area contributed by atoms with Crippen LogP contribution < -0.4 is 15.6 Å². The van der Waals surface area contributed by atoms with Crippen molar-refractivity contribution in [2.75, 3.05) is 37.0 Å². The first-order valence-electron chi connectivity index (χ1n) is 8.13. The molecule has 0 atom stereocenters. The van der Waals surface area contributed by atoms with Crippen molar-refractivity contribution in [3.8, 4) is 0 Å². The van der Waals surface area contributed by atoms with Crippen molar-refractivity contribution in [3.63, 3.8) is 0 Å². The maximum absolute atomic E-state index is 11.8. The molecular formula is C19H24N4O2. The van der Waals surface area contributed by atoms with E-state index in [-0.39, 0.29) is 19.1 Å². The minimum atomic E-state index is -0.212. The summed E-state index contributed by atoms with van der Waals surface area (Å²) in [5, 5.41) is 15.9. The molecule has 0 saturated heterocycles. The van der Waals surface area contributed by atoms with E-state index in [4.69, 9.17) is 5.11 Å². The third kappa shape index (κ3) is 6.27. The normalized spacial score (nSPS) is 10.7. The highest BCUT2D eigenvalue weighted by Gasteiger charge is 2.00. The highest BCUT2D eigenvalue weighted by Crippen LogP contribution is 2.12. The van der Waals surface area contributed by atoms with Crippen LogP contribution in [0.4, 0.5) is 11.4 Å². The number of aliphatic hydroxyl groups excluding tert-OH is 1. The first-order valence-corrected chi connectivity index (χ1v) is 8.13. The average Bonchev–Trinajstić information content (AvgIpc) is 2.62. The van der Waals surface area contributed by atoms with E-state index >= 15 is 0 Å². The number of nitrogens with zero attached hydrogens (tertiary/aromatic N) is 2. The Labute approximate surface area is 148 Å². The van der Waals surface area contributed by atoms with Gasteiger partial charge in [0.25, 0.3) is 5.91 Å². The summed E-state index contributed by atoms with van der Waals surface area (Å²) in [6, 6.07) is 15.5.